The van der Waals surface area contributed by atoms with E-state index in [9.17, 15) is 28.8 Å². The Morgan fingerprint density at radius 2 is 1.03 bits per heavy atom. The predicted molar refractivity (Wildman–Crippen MR) is 270 cm³/mol. The second-order valence-electron chi connectivity index (χ2n) is 17.0. The molecular weight excluding hydrogens is 981 g/mol. The summed E-state index contributed by atoms with van der Waals surface area (Å²) in [4.78, 5) is 84.5. The first-order valence-electron chi connectivity index (χ1n) is 25.2. The van der Waals surface area contributed by atoms with Gasteiger partial charge in [-0.1, -0.05) is 23.1 Å². The van der Waals surface area contributed by atoms with Gasteiger partial charge >= 0.3 is 18.0 Å². The van der Waals surface area contributed by atoms with Crippen LogP contribution in [0.3, 0.4) is 0 Å². The summed E-state index contributed by atoms with van der Waals surface area (Å²) in [5.74, 6) is 0.767. The lowest BCUT2D eigenvalue weighted by atomic mass is 10.0. The number of Topliss-reactive ketones (excluding diaryl/α,β-unsaturated/α-hetero) is 1. The molecule has 5 rings (SSSR count). The molecule has 6 atom stereocenters. The Morgan fingerprint density at radius 3 is 1.47 bits per heavy atom. The zero-order valence-electron chi connectivity index (χ0n) is 42.1. The fourth-order valence-electron chi connectivity index (χ4n) is 8.48. The summed E-state index contributed by atoms with van der Waals surface area (Å²) < 4.78 is 31.5. The van der Waals surface area contributed by atoms with Crippen molar-refractivity contribution in [3.8, 4) is 0 Å². The highest BCUT2D eigenvalue weighted by atomic mass is 32.2. The third-order valence-electron chi connectivity index (χ3n) is 11.9. The van der Waals surface area contributed by atoms with E-state index >= 15 is 0 Å². The number of hydrogen-bond donors (Lipinski definition) is 3. The SMILES string of the molecule is CCN1C(=O)N[C@H]2CS[C@@H](CCCCC(=O)CCCOCCOCCOCCN=[N+]=[N-])[C@H]21.CCN1C(=O)N[C@H]2CS[C@@H](CCCCC(=O)ON3C(=O)CCC3=O)[C@H]21.[N-]=[N+]=NCCOCCOCCOCCN. The van der Waals surface area contributed by atoms with Crippen molar-refractivity contribution in [1.82, 2.24) is 25.5 Å². The molecule has 5 heterocycles. The number of carbonyl (C=O) groups excluding carboxylic acids is 6. The summed E-state index contributed by atoms with van der Waals surface area (Å²) >= 11 is 3.83. The molecule has 72 heavy (non-hydrogen) atoms. The predicted octanol–water partition coefficient (Wildman–Crippen LogP) is 4.51. The Morgan fingerprint density at radius 1 is 0.611 bits per heavy atom. The number of rotatable bonds is 37. The number of imide groups is 1. The first kappa shape index (κ1) is 62.2. The maximum Gasteiger partial charge on any atom is 0.333 e. The minimum atomic E-state index is -0.548. The van der Waals surface area contributed by atoms with Crippen molar-refractivity contribution >= 4 is 59.2 Å². The van der Waals surface area contributed by atoms with E-state index in [0.717, 1.165) is 56.6 Å². The van der Waals surface area contributed by atoms with Crippen molar-refractivity contribution in [2.75, 3.05) is 124 Å². The average molecular weight is 1060 g/mol. The lowest BCUT2D eigenvalue weighted by molar-refractivity contribution is -0.197. The molecular formula is C45H78N12O13S2. The van der Waals surface area contributed by atoms with Crippen LogP contribution in [0.1, 0.15) is 90.9 Å². The number of nitrogens with one attached hydrogen (secondary N) is 2. The van der Waals surface area contributed by atoms with Gasteiger partial charge in [-0.2, -0.15) is 23.5 Å². The van der Waals surface area contributed by atoms with E-state index in [2.05, 4.69) is 30.7 Å². The Kier molecular flexibility index (Phi) is 33.2. The molecule has 0 aliphatic carbocycles. The second-order valence-corrected chi connectivity index (χ2v) is 19.5. The molecule has 6 amide bonds. The van der Waals surface area contributed by atoms with E-state index in [-0.39, 0.29) is 49.5 Å². The summed E-state index contributed by atoms with van der Waals surface area (Å²) in [6, 6.07) is 1.14. The Hall–Kier alpha value is -4.14. The van der Waals surface area contributed by atoms with Gasteiger partial charge < -0.3 is 59.4 Å². The smallest absolute Gasteiger partial charge is 0.333 e. The van der Waals surface area contributed by atoms with Crippen molar-refractivity contribution < 1.29 is 62.0 Å². The number of urea groups is 2. The lowest BCUT2D eigenvalue weighted by Gasteiger charge is -2.26. The van der Waals surface area contributed by atoms with Crippen LogP contribution in [0, 0.1) is 0 Å². The van der Waals surface area contributed by atoms with E-state index in [1.54, 1.807) is 0 Å². The molecule has 408 valence electrons. The summed E-state index contributed by atoms with van der Waals surface area (Å²) in [5.41, 5.74) is 21.3. The number of hydroxylamine groups is 2. The number of nitrogens with two attached hydrogens (primary N) is 1. The summed E-state index contributed by atoms with van der Waals surface area (Å²) in [6.45, 7) is 12.7. The monoisotopic (exact) mass is 1060 g/mol. The van der Waals surface area contributed by atoms with Crippen LogP contribution in [-0.4, -0.2) is 209 Å². The number of carbonyl (C=O) groups is 6. The summed E-state index contributed by atoms with van der Waals surface area (Å²) in [5, 5.41) is 14.3. The van der Waals surface area contributed by atoms with Crippen LogP contribution >= 0.6 is 23.5 Å². The average Bonchev–Trinajstić information content (AvgIpc) is 4.18. The van der Waals surface area contributed by atoms with E-state index in [1.165, 1.54) is 0 Å². The van der Waals surface area contributed by atoms with Gasteiger partial charge in [0.05, 0.1) is 96.8 Å². The second kappa shape index (κ2) is 38.4. The van der Waals surface area contributed by atoms with Gasteiger partial charge in [0.25, 0.3) is 11.8 Å². The number of likely N-dealkylation sites (N-methyl/N-ethyl adjacent to an activating group) is 2. The number of ketones is 1. The van der Waals surface area contributed by atoms with E-state index in [4.69, 9.17) is 50.1 Å². The standard InChI is InChI=1S/C21H37N5O5S.C16H23N3O5S.C8H18N4O3/c1-2-26-20-18(24-21(26)28)16-32-19(20)8-4-3-6-17(27)7-5-10-29-12-14-31-15-13-30-11-9-23-25-22;1-2-18-15-10(17-16(18)23)9-25-11(15)5-3-4-6-14(22)24-19-12(20)7-8-13(19)21;9-1-3-13-5-7-15-8-6-14-4-2-11-12-10/h18-20H,2-16H2,1H3,(H,24,28);10-11,15H,2-9H2,1H3,(H,17,23);1-9H2/t18-,19-,20-;10-,11-,15-;/m00./s1. The zero-order valence-corrected chi connectivity index (χ0v) is 43.7. The van der Waals surface area contributed by atoms with Gasteiger partial charge in [0.15, 0.2) is 0 Å². The van der Waals surface area contributed by atoms with Crippen molar-refractivity contribution in [3.63, 3.8) is 0 Å². The number of unbranched alkanes of at least 4 members (excludes halogenated alkanes) is 2. The van der Waals surface area contributed by atoms with Gasteiger partial charge in [0.2, 0.25) is 0 Å². The number of nitrogens with zero attached hydrogens (tertiary/aromatic N) is 9. The van der Waals surface area contributed by atoms with Crippen LogP contribution < -0.4 is 16.4 Å². The fourth-order valence-corrected chi connectivity index (χ4v) is 11.7. The Balaban J connectivity index is 0.000000304. The first-order chi connectivity index (χ1) is 35.1. The van der Waals surface area contributed by atoms with E-state index in [0.29, 0.717) is 152 Å². The summed E-state index contributed by atoms with van der Waals surface area (Å²) in [6.07, 6.45) is 7.72. The highest BCUT2D eigenvalue weighted by Gasteiger charge is 2.48. The minimum absolute atomic E-state index is 0.0197. The van der Waals surface area contributed by atoms with Crippen LogP contribution in [0.5, 0.6) is 0 Å². The van der Waals surface area contributed by atoms with Crippen molar-refractivity contribution in [3.05, 3.63) is 20.9 Å². The number of amides is 6. The van der Waals surface area contributed by atoms with Crippen molar-refractivity contribution in [2.45, 2.75) is 126 Å². The maximum atomic E-state index is 12.1. The number of azide groups is 2. The van der Waals surface area contributed by atoms with Gasteiger partial charge in [0, 0.05) is 103 Å². The molecule has 0 bridgehead atoms. The third kappa shape index (κ3) is 23.8. The molecule has 5 fully saturated rings. The van der Waals surface area contributed by atoms with Crippen LogP contribution in [0.15, 0.2) is 10.2 Å². The Bertz CT molecular complexity index is 1720. The Labute approximate surface area is 431 Å². The molecule has 0 radical (unpaired) electrons. The van der Waals surface area contributed by atoms with Gasteiger partial charge in [-0.15, -0.1) is 5.06 Å². The number of hydrogen-bond acceptors (Lipinski definition) is 18. The molecule has 0 aromatic heterocycles. The number of thioether (sulfide) groups is 2. The molecule has 0 saturated carbocycles. The quantitative estimate of drug-likeness (QED) is 0.0192. The maximum absolute atomic E-state index is 12.1. The van der Waals surface area contributed by atoms with Crippen LogP contribution in [0.2, 0.25) is 0 Å². The zero-order chi connectivity index (χ0) is 52.2. The van der Waals surface area contributed by atoms with Gasteiger partial charge in [0.1, 0.15) is 5.78 Å². The molecule has 0 unspecified atom stereocenters. The largest absolute Gasteiger partial charge is 0.379 e. The van der Waals surface area contributed by atoms with Gasteiger partial charge in [-0.05, 0) is 57.0 Å². The van der Waals surface area contributed by atoms with Gasteiger partial charge in [-0.25, -0.2) is 14.4 Å². The van der Waals surface area contributed by atoms with E-state index in [1.807, 2.05) is 47.2 Å². The fraction of sp³-hybridized carbons (Fsp3) is 0.867. The molecule has 25 nitrogen and oxygen atoms in total. The number of ether oxygens (including phenoxy) is 6. The summed E-state index contributed by atoms with van der Waals surface area (Å²) in [7, 11) is 0. The van der Waals surface area contributed by atoms with Crippen molar-refractivity contribution in [2.24, 2.45) is 16.0 Å². The molecule has 27 heteroatoms. The molecule has 0 aromatic carbocycles. The lowest BCUT2D eigenvalue weighted by Crippen LogP contribution is -2.40. The molecule has 5 aliphatic heterocycles. The molecule has 0 spiro atoms. The van der Waals surface area contributed by atoms with Crippen LogP contribution in [-0.2, 0) is 52.4 Å². The van der Waals surface area contributed by atoms with Crippen LogP contribution in [0.25, 0.3) is 20.9 Å². The van der Waals surface area contributed by atoms with Gasteiger partial charge in [-0.3, -0.25) is 14.4 Å². The highest BCUT2D eigenvalue weighted by molar-refractivity contribution is 8.00. The first-order valence-corrected chi connectivity index (χ1v) is 27.3. The normalized spacial score (nSPS) is 21.7. The molecule has 5 saturated heterocycles. The van der Waals surface area contributed by atoms with Crippen molar-refractivity contribution in [1.29, 1.82) is 0 Å². The highest BCUT2D eigenvalue weighted by Crippen LogP contribution is 2.38. The van der Waals surface area contributed by atoms with E-state index < -0.39 is 17.8 Å². The molecule has 5 aliphatic rings. The number of fused-ring (bicyclic) bond motifs is 2. The van der Waals surface area contributed by atoms with Crippen LogP contribution in [0.4, 0.5) is 9.59 Å². The molecule has 0 aromatic rings. The topological polar surface area (TPSA) is 324 Å². The third-order valence-corrected chi connectivity index (χ3v) is 14.9. The minimum Gasteiger partial charge on any atom is -0.379 e. The molecule has 4 N–H and O–H groups in total.